The highest BCUT2D eigenvalue weighted by molar-refractivity contribution is 5.99. The van der Waals surface area contributed by atoms with Gasteiger partial charge in [0.1, 0.15) is 11.4 Å². The molecule has 24 heavy (non-hydrogen) atoms. The summed E-state index contributed by atoms with van der Waals surface area (Å²) in [5.41, 5.74) is 5.83. The number of oxime groups is 1. The van der Waals surface area contributed by atoms with Crippen molar-refractivity contribution in [1.29, 1.82) is 0 Å². The predicted molar refractivity (Wildman–Crippen MR) is 93.5 cm³/mol. The Kier molecular flexibility index (Phi) is 4.16. The highest BCUT2D eigenvalue weighted by Crippen LogP contribution is 2.15. The van der Waals surface area contributed by atoms with Crippen LogP contribution in [0.2, 0.25) is 0 Å². The van der Waals surface area contributed by atoms with Crippen LogP contribution in [0.1, 0.15) is 39.8 Å². The average molecular weight is 321 g/mol. The van der Waals surface area contributed by atoms with Crippen LogP contribution in [0, 0.1) is 20.8 Å². The number of aromatic nitrogens is 2. The summed E-state index contributed by atoms with van der Waals surface area (Å²) >= 11 is 0. The van der Waals surface area contributed by atoms with Crippen LogP contribution in [0.5, 0.6) is 0 Å². The van der Waals surface area contributed by atoms with Gasteiger partial charge in [0.05, 0.1) is 17.0 Å². The number of pyridine rings is 1. The number of nitrogens with zero attached hydrogens (tertiary/aromatic N) is 3. The van der Waals surface area contributed by atoms with Gasteiger partial charge < -0.3 is 4.84 Å². The molecule has 0 spiro atoms. The van der Waals surface area contributed by atoms with Gasteiger partial charge in [-0.25, -0.2) is 9.78 Å². The summed E-state index contributed by atoms with van der Waals surface area (Å²) in [6.07, 6.45) is 1.95. The number of carbonyl (C=O) groups excluding carboxylic acids is 1. The van der Waals surface area contributed by atoms with Crippen LogP contribution < -0.4 is 0 Å². The van der Waals surface area contributed by atoms with E-state index in [1.807, 2.05) is 55.6 Å². The molecule has 0 amide bonds. The lowest BCUT2D eigenvalue weighted by molar-refractivity contribution is 0.0516. The first kappa shape index (κ1) is 15.9. The van der Waals surface area contributed by atoms with Gasteiger partial charge in [0.25, 0.3) is 0 Å². The zero-order valence-corrected chi connectivity index (χ0v) is 14.2. The normalized spacial score (nSPS) is 11.8. The molecule has 2 heterocycles. The van der Waals surface area contributed by atoms with Gasteiger partial charge in [-0.05, 0) is 57.5 Å². The molecule has 2 aromatic heterocycles. The summed E-state index contributed by atoms with van der Waals surface area (Å²) in [5, 5.41) is 4.01. The minimum Gasteiger partial charge on any atom is -0.312 e. The highest BCUT2D eigenvalue weighted by atomic mass is 16.7. The lowest BCUT2D eigenvalue weighted by Gasteiger charge is -2.04. The number of rotatable bonds is 3. The lowest BCUT2D eigenvalue weighted by atomic mass is 10.2. The van der Waals surface area contributed by atoms with Crippen molar-refractivity contribution in [2.75, 3.05) is 0 Å². The van der Waals surface area contributed by atoms with E-state index >= 15 is 0 Å². The summed E-state index contributed by atoms with van der Waals surface area (Å²) < 4.78 is 1.95. The fourth-order valence-corrected chi connectivity index (χ4v) is 2.60. The molecule has 0 fully saturated rings. The van der Waals surface area contributed by atoms with E-state index in [0.717, 1.165) is 28.2 Å². The molecule has 0 atom stereocenters. The average Bonchev–Trinajstić information content (AvgIpc) is 2.87. The number of imidazole rings is 1. The predicted octanol–water partition coefficient (Wildman–Crippen LogP) is 3.84. The van der Waals surface area contributed by atoms with Crippen LogP contribution >= 0.6 is 0 Å². The SMILES string of the molecule is C/C(=N/OC(=O)c1ccc(C)cc1)c1c(C)nc2cc(C)ccn12. The van der Waals surface area contributed by atoms with Gasteiger partial charge in [-0.2, -0.15) is 0 Å². The van der Waals surface area contributed by atoms with Crippen molar-refractivity contribution in [1.82, 2.24) is 9.38 Å². The molecule has 0 aliphatic carbocycles. The molecule has 0 aliphatic rings. The van der Waals surface area contributed by atoms with Crippen molar-refractivity contribution in [3.8, 4) is 0 Å². The zero-order chi connectivity index (χ0) is 17.3. The van der Waals surface area contributed by atoms with E-state index in [9.17, 15) is 4.79 Å². The fourth-order valence-electron chi connectivity index (χ4n) is 2.60. The first-order chi connectivity index (χ1) is 11.5. The molecule has 0 saturated heterocycles. The third kappa shape index (κ3) is 3.06. The molecule has 0 unspecified atom stereocenters. The monoisotopic (exact) mass is 321 g/mol. The van der Waals surface area contributed by atoms with Crippen molar-refractivity contribution in [3.63, 3.8) is 0 Å². The van der Waals surface area contributed by atoms with Crippen LogP contribution in [0.4, 0.5) is 0 Å². The lowest BCUT2D eigenvalue weighted by Crippen LogP contribution is -2.07. The van der Waals surface area contributed by atoms with Crippen LogP contribution in [0.25, 0.3) is 5.65 Å². The molecule has 1 aromatic carbocycles. The summed E-state index contributed by atoms with van der Waals surface area (Å²) in [6.45, 7) is 7.71. The third-order valence-electron chi connectivity index (χ3n) is 3.85. The van der Waals surface area contributed by atoms with E-state index in [-0.39, 0.29) is 0 Å². The maximum absolute atomic E-state index is 12.1. The zero-order valence-electron chi connectivity index (χ0n) is 14.2. The van der Waals surface area contributed by atoms with E-state index in [4.69, 9.17) is 4.84 Å². The van der Waals surface area contributed by atoms with Gasteiger partial charge in [0, 0.05) is 6.20 Å². The second-order valence-corrected chi connectivity index (χ2v) is 5.90. The van der Waals surface area contributed by atoms with E-state index in [1.54, 1.807) is 19.1 Å². The summed E-state index contributed by atoms with van der Waals surface area (Å²) in [4.78, 5) is 21.7. The quantitative estimate of drug-likeness (QED) is 0.418. The van der Waals surface area contributed by atoms with Crippen LogP contribution in [0.15, 0.2) is 47.8 Å². The number of carbonyl (C=O) groups is 1. The Labute approximate surface area is 140 Å². The van der Waals surface area contributed by atoms with Crippen molar-refractivity contribution in [2.24, 2.45) is 5.16 Å². The summed E-state index contributed by atoms with van der Waals surface area (Å²) in [5.74, 6) is -0.475. The maximum atomic E-state index is 12.1. The van der Waals surface area contributed by atoms with Crippen molar-refractivity contribution in [2.45, 2.75) is 27.7 Å². The molecule has 0 aliphatic heterocycles. The number of hydrogen-bond acceptors (Lipinski definition) is 4. The molecule has 0 N–H and O–H groups in total. The number of fused-ring (bicyclic) bond motifs is 1. The van der Waals surface area contributed by atoms with Gasteiger partial charge >= 0.3 is 5.97 Å². The Morgan fingerprint density at radius 2 is 1.79 bits per heavy atom. The number of hydrogen-bond donors (Lipinski definition) is 0. The number of aryl methyl sites for hydroxylation is 3. The van der Waals surface area contributed by atoms with Crippen LogP contribution in [-0.4, -0.2) is 21.1 Å². The van der Waals surface area contributed by atoms with Gasteiger partial charge in [0.15, 0.2) is 0 Å². The summed E-state index contributed by atoms with van der Waals surface area (Å²) in [7, 11) is 0. The Hall–Kier alpha value is -2.95. The van der Waals surface area contributed by atoms with E-state index < -0.39 is 5.97 Å². The molecule has 5 nitrogen and oxygen atoms in total. The molecule has 0 saturated carbocycles. The van der Waals surface area contributed by atoms with Gasteiger partial charge in [-0.1, -0.05) is 22.9 Å². The Morgan fingerprint density at radius 3 is 2.50 bits per heavy atom. The molecular weight excluding hydrogens is 302 g/mol. The Bertz CT molecular complexity index is 937. The van der Waals surface area contributed by atoms with Crippen molar-refractivity contribution in [3.05, 3.63) is 70.7 Å². The first-order valence-electron chi connectivity index (χ1n) is 7.74. The molecule has 0 bridgehead atoms. The minimum atomic E-state index is -0.475. The van der Waals surface area contributed by atoms with Crippen molar-refractivity contribution < 1.29 is 9.63 Å². The second-order valence-electron chi connectivity index (χ2n) is 5.90. The van der Waals surface area contributed by atoms with Gasteiger partial charge in [0.2, 0.25) is 0 Å². The molecule has 3 aromatic rings. The molecule has 3 rings (SSSR count). The second kappa shape index (κ2) is 6.28. The fraction of sp³-hybridized carbons (Fsp3) is 0.211. The van der Waals surface area contributed by atoms with Crippen LogP contribution in [0.3, 0.4) is 0 Å². The third-order valence-corrected chi connectivity index (χ3v) is 3.85. The standard InChI is InChI=1S/C19H19N3O2/c1-12-5-7-16(8-6-12)19(23)24-21-15(4)18-14(3)20-17-11-13(2)9-10-22(17)18/h5-11H,1-4H3/b21-15-. The highest BCUT2D eigenvalue weighted by Gasteiger charge is 2.13. The molecule has 5 heteroatoms. The van der Waals surface area contributed by atoms with Crippen molar-refractivity contribution >= 4 is 17.3 Å². The summed E-state index contributed by atoms with van der Waals surface area (Å²) in [6, 6.07) is 11.2. The van der Waals surface area contributed by atoms with E-state index in [1.165, 1.54) is 0 Å². The van der Waals surface area contributed by atoms with Crippen LogP contribution in [-0.2, 0) is 4.84 Å². The Balaban J connectivity index is 1.87. The van der Waals surface area contributed by atoms with E-state index in [2.05, 4.69) is 10.1 Å². The maximum Gasteiger partial charge on any atom is 0.365 e. The molecular formula is C19H19N3O2. The Morgan fingerprint density at radius 1 is 1.08 bits per heavy atom. The minimum absolute atomic E-state index is 0.475. The van der Waals surface area contributed by atoms with E-state index in [0.29, 0.717) is 11.3 Å². The smallest absolute Gasteiger partial charge is 0.312 e. The number of benzene rings is 1. The van der Waals surface area contributed by atoms with Gasteiger partial charge in [-0.3, -0.25) is 4.40 Å². The molecule has 0 radical (unpaired) electrons. The van der Waals surface area contributed by atoms with Gasteiger partial charge in [-0.15, -0.1) is 0 Å². The topological polar surface area (TPSA) is 56.0 Å². The first-order valence-corrected chi connectivity index (χ1v) is 7.74. The largest absolute Gasteiger partial charge is 0.365 e. The molecule has 122 valence electrons.